The molecule has 1 atom stereocenters. The number of aryl methyl sites for hydroxylation is 2. The molecule has 0 amide bonds. The number of hydrogen-bond donors (Lipinski definition) is 1. The lowest BCUT2D eigenvalue weighted by atomic mass is 10.1. The van der Waals surface area contributed by atoms with Gasteiger partial charge in [-0.05, 0) is 44.4 Å². The van der Waals surface area contributed by atoms with Crippen molar-refractivity contribution in [2.24, 2.45) is 5.92 Å². The summed E-state index contributed by atoms with van der Waals surface area (Å²) in [5.41, 5.74) is 1.34. The van der Waals surface area contributed by atoms with E-state index in [-0.39, 0.29) is 0 Å². The molecule has 0 spiro atoms. The van der Waals surface area contributed by atoms with E-state index in [1.54, 1.807) is 0 Å². The van der Waals surface area contributed by atoms with Gasteiger partial charge in [0, 0.05) is 16.3 Å². The molecule has 1 N–H and O–H groups in total. The Morgan fingerprint density at radius 1 is 1.47 bits per heavy atom. The second kappa shape index (κ2) is 5.08. The summed E-state index contributed by atoms with van der Waals surface area (Å²) in [7, 11) is -2.73. The molecule has 1 saturated heterocycles. The van der Waals surface area contributed by atoms with Crippen LogP contribution in [0.2, 0.25) is 0 Å². The van der Waals surface area contributed by atoms with Crippen molar-refractivity contribution in [3.05, 3.63) is 21.4 Å². The molecule has 96 valence electrons. The zero-order valence-corrected chi connectivity index (χ0v) is 12.0. The van der Waals surface area contributed by atoms with Gasteiger partial charge in [0.25, 0.3) is 0 Å². The fourth-order valence-corrected chi connectivity index (χ4v) is 5.11. The van der Waals surface area contributed by atoms with Gasteiger partial charge in [-0.25, -0.2) is 8.42 Å². The second-order valence-corrected chi connectivity index (χ2v) is 8.53. The van der Waals surface area contributed by atoms with E-state index in [9.17, 15) is 8.42 Å². The zero-order chi connectivity index (χ0) is 12.5. The first-order chi connectivity index (χ1) is 7.96. The molecule has 17 heavy (non-hydrogen) atoms. The Morgan fingerprint density at radius 3 is 2.76 bits per heavy atom. The molecule has 1 aliphatic heterocycles. The number of sulfone groups is 1. The van der Waals surface area contributed by atoms with Gasteiger partial charge in [0.05, 0.1) is 11.5 Å². The highest BCUT2D eigenvalue weighted by molar-refractivity contribution is 7.91. The minimum atomic E-state index is -2.73. The number of thiophene rings is 1. The van der Waals surface area contributed by atoms with Crippen LogP contribution >= 0.6 is 11.3 Å². The van der Waals surface area contributed by atoms with Crippen molar-refractivity contribution in [3.8, 4) is 0 Å². The lowest BCUT2D eigenvalue weighted by molar-refractivity contribution is 0.520. The monoisotopic (exact) mass is 273 g/mol. The molecule has 2 rings (SSSR count). The number of nitrogens with one attached hydrogen (secondary N) is 1. The summed E-state index contributed by atoms with van der Waals surface area (Å²) in [6, 6.07) is 2.21. The van der Waals surface area contributed by atoms with Gasteiger partial charge < -0.3 is 5.32 Å². The Balaban J connectivity index is 1.79. The third kappa shape index (κ3) is 3.53. The predicted octanol–water partition coefficient (Wildman–Crippen LogP) is 1.89. The standard InChI is InChI=1S/C12H19NO2S2/c1-9-5-12(10(2)16-9)7-13-6-11-3-4-17(14,15)8-11/h5,11,13H,3-4,6-8H2,1-2H3. The van der Waals surface area contributed by atoms with Crippen LogP contribution in [0.5, 0.6) is 0 Å². The predicted molar refractivity (Wildman–Crippen MR) is 72.3 cm³/mol. The van der Waals surface area contributed by atoms with Crippen molar-refractivity contribution >= 4 is 21.2 Å². The van der Waals surface area contributed by atoms with Crippen LogP contribution in [-0.2, 0) is 16.4 Å². The molecule has 1 aromatic rings. The first kappa shape index (κ1) is 13.1. The summed E-state index contributed by atoms with van der Waals surface area (Å²) >= 11 is 1.82. The van der Waals surface area contributed by atoms with Crippen LogP contribution < -0.4 is 5.32 Å². The lowest BCUT2D eigenvalue weighted by Crippen LogP contribution is -2.23. The summed E-state index contributed by atoms with van der Waals surface area (Å²) < 4.78 is 22.6. The maximum atomic E-state index is 11.3. The topological polar surface area (TPSA) is 46.2 Å². The van der Waals surface area contributed by atoms with Crippen LogP contribution in [0.3, 0.4) is 0 Å². The fraction of sp³-hybridized carbons (Fsp3) is 0.667. The Kier molecular flexibility index (Phi) is 3.90. The lowest BCUT2D eigenvalue weighted by Gasteiger charge is -2.09. The highest BCUT2D eigenvalue weighted by Gasteiger charge is 2.27. The molecule has 0 aliphatic carbocycles. The SMILES string of the molecule is Cc1cc(CNCC2CCS(=O)(=O)C2)c(C)s1. The van der Waals surface area contributed by atoms with Crippen molar-refractivity contribution in [2.75, 3.05) is 18.1 Å². The molecule has 5 heteroatoms. The third-order valence-corrected chi connectivity index (χ3v) is 6.06. The van der Waals surface area contributed by atoms with Crippen molar-refractivity contribution in [1.82, 2.24) is 5.32 Å². The molecule has 2 heterocycles. The number of hydrogen-bond acceptors (Lipinski definition) is 4. The summed E-state index contributed by atoms with van der Waals surface area (Å²) in [6.45, 7) is 5.92. The summed E-state index contributed by atoms with van der Waals surface area (Å²) in [5.74, 6) is 1.04. The quantitative estimate of drug-likeness (QED) is 0.911. The summed E-state index contributed by atoms with van der Waals surface area (Å²) in [4.78, 5) is 2.69. The molecule has 1 aliphatic rings. The van der Waals surface area contributed by atoms with E-state index in [1.807, 2.05) is 11.3 Å². The van der Waals surface area contributed by atoms with Crippen LogP contribution in [0.25, 0.3) is 0 Å². The van der Waals surface area contributed by atoms with Crippen LogP contribution in [0, 0.1) is 19.8 Å². The van der Waals surface area contributed by atoms with E-state index in [4.69, 9.17) is 0 Å². The van der Waals surface area contributed by atoms with E-state index >= 15 is 0 Å². The minimum absolute atomic E-state index is 0.306. The third-order valence-electron chi connectivity index (χ3n) is 3.22. The molecule has 3 nitrogen and oxygen atoms in total. The molecule has 1 aromatic heterocycles. The summed E-state index contributed by atoms with van der Waals surface area (Å²) in [5, 5.41) is 3.38. The van der Waals surface area contributed by atoms with E-state index in [2.05, 4.69) is 25.2 Å². The minimum Gasteiger partial charge on any atom is -0.312 e. The van der Waals surface area contributed by atoms with E-state index in [0.717, 1.165) is 19.5 Å². The Labute approximate surface area is 107 Å². The van der Waals surface area contributed by atoms with Gasteiger partial charge in [-0.3, -0.25) is 0 Å². The van der Waals surface area contributed by atoms with Gasteiger partial charge in [0.2, 0.25) is 0 Å². The Hall–Kier alpha value is -0.390. The molecule has 0 bridgehead atoms. The van der Waals surface area contributed by atoms with Crippen LogP contribution in [0.1, 0.15) is 21.7 Å². The van der Waals surface area contributed by atoms with Gasteiger partial charge in [-0.15, -0.1) is 11.3 Å². The van der Waals surface area contributed by atoms with Crippen molar-refractivity contribution in [3.63, 3.8) is 0 Å². The van der Waals surface area contributed by atoms with E-state index in [0.29, 0.717) is 17.4 Å². The fourth-order valence-electron chi connectivity index (χ4n) is 2.30. The highest BCUT2D eigenvalue weighted by atomic mass is 32.2. The van der Waals surface area contributed by atoms with Gasteiger partial charge in [0.1, 0.15) is 0 Å². The van der Waals surface area contributed by atoms with Crippen molar-refractivity contribution in [1.29, 1.82) is 0 Å². The maximum Gasteiger partial charge on any atom is 0.150 e. The van der Waals surface area contributed by atoms with Crippen molar-refractivity contribution < 1.29 is 8.42 Å². The molecule has 1 unspecified atom stereocenters. The van der Waals surface area contributed by atoms with E-state index < -0.39 is 9.84 Å². The molecule has 0 aromatic carbocycles. The average Bonchev–Trinajstić information content (AvgIpc) is 2.71. The van der Waals surface area contributed by atoms with Gasteiger partial charge >= 0.3 is 0 Å². The molecule has 0 saturated carbocycles. The largest absolute Gasteiger partial charge is 0.312 e. The van der Waals surface area contributed by atoms with E-state index in [1.165, 1.54) is 15.3 Å². The number of rotatable bonds is 4. The van der Waals surface area contributed by atoms with Gasteiger partial charge in [-0.2, -0.15) is 0 Å². The van der Waals surface area contributed by atoms with Crippen molar-refractivity contribution in [2.45, 2.75) is 26.8 Å². The zero-order valence-electron chi connectivity index (χ0n) is 10.3. The Bertz CT molecular complexity index is 491. The first-order valence-electron chi connectivity index (χ1n) is 5.93. The highest BCUT2D eigenvalue weighted by Crippen LogP contribution is 2.21. The Morgan fingerprint density at radius 2 is 2.24 bits per heavy atom. The maximum absolute atomic E-state index is 11.3. The van der Waals surface area contributed by atoms with Crippen LogP contribution in [0.4, 0.5) is 0 Å². The summed E-state index contributed by atoms with van der Waals surface area (Å²) in [6.07, 6.45) is 0.816. The van der Waals surface area contributed by atoms with Gasteiger partial charge in [-0.1, -0.05) is 0 Å². The van der Waals surface area contributed by atoms with Gasteiger partial charge in [0.15, 0.2) is 9.84 Å². The molecular weight excluding hydrogens is 254 g/mol. The van der Waals surface area contributed by atoms with Crippen LogP contribution in [-0.4, -0.2) is 26.5 Å². The molecular formula is C12H19NO2S2. The van der Waals surface area contributed by atoms with Crippen LogP contribution in [0.15, 0.2) is 6.07 Å². The average molecular weight is 273 g/mol. The first-order valence-corrected chi connectivity index (χ1v) is 8.57. The second-order valence-electron chi connectivity index (χ2n) is 4.84. The normalized spacial score (nSPS) is 23.1. The molecule has 0 radical (unpaired) electrons. The smallest absolute Gasteiger partial charge is 0.150 e. The molecule has 1 fully saturated rings.